The van der Waals surface area contributed by atoms with Gasteiger partial charge in [-0.15, -0.1) is 0 Å². The zero-order chi connectivity index (χ0) is 14.7. The maximum absolute atomic E-state index is 13.7. The Hall–Kier alpha value is -1.63. The average Bonchev–Trinajstić information content (AvgIpc) is 2.86. The predicted molar refractivity (Wildman–Crippen MR) is 73.9 cm³/mol. The minimum atomic E-state index is -0.584. The number of nitrogens with one attached hydrogen (secondary N) is 1. The molecule has 0 spiro atoms. The fourth-order valence-electron chi connectivity index (χ4n) is 2.15. The summed E-state index contributed by atoms with van der Waals surface area (Å²) in [6.07, 6.45) is 0.196. The van der Waals surface area contributed by atoms with Crippen LogP contribution in [0.5, 0.6) is 0 Å². The summed E-state index contributed by atoms with van der Waals surface area (Å²) in [4.78, 5) is 24.9. The van der Waals surface area contributed by atoms with Crippen LogP contribution in [0.3, 0.4) is 0 Å². The van der Waals surface area contributed by atoms with E-state index in [2.05, 4.69) is 26.0 Å². The Morgan fingerprint density at radius 1 is 1.50 bits per heavy atom. The predicted octanol–water partition coefficient (Wildman–Crippen LogP) is 2.16. The zero-order valence-corrected chi connectivity index (χ0v) is 12.4. The van der Waals surface area contributed by atoms with Crippen LogP contribution in [-0.4, -0.2) is 43.1 Å². The van der Waals surface area contributed by atoms with E-state index < -0.39 is 17.8 Å². The van der Waals surface area contributed by atoms with E-state index in [1.807, 2.05) is 0 Å². The van der Waals surface area contributed by atoms with Crippen molar-refractivity contribution < 1.29 is 18.7 Å². The van der Waals surface area contributed by atoms with E-state index >= 15 is 0 Å². The molecule has 1 fully saturated rings. The molecule has 0 saturated carbocycles. The quantitative estimate of drug-likeness (QED) is 0.894. The van der Waals surface area contributed by atoms with Gasteiger partial charge in [-0.05, 0) is 34.5 Å². The summed E-state index contributed by atoms with van der Waals surface area (Å²) >= 11 is 3.16. The van der Waals surface area contributed by atoms with Gasteiger partial charge in [0.2, 0.25) is 0 Å². The van der Waals surface area contributed by atoms with Crippen LogP contribution >= 0.6 is 15.9 Å². The van der Waals surface area contributed by atoms with E-state index in [4.69, 9.17) is 0 Å². The highest BCUT2D eigenvalue weighted by Crippen LogP contribution is 2.20. The van der Waals surface area contributed by atoms with Crippen LogP contribution in [-0.2, 0) is 4.74 Å². The number of ether oxygens (including phenoxy) is 1. The minimum Gasteiger partial charge on any atom is -0.453 e. The Bertz CT molecular complexity index is 518. The van der Waals surface area contributed by atoms with Gasteiger partial charge in [0.05, 0.1) is 12.7 Å². The number of methoxy groups -OCH3 is 1. The molecule has 2 rings (SSSR count). The molecule has 1 aromatic rings. The average molecular weight is 345 g/mol. The zero-order valence-electron chi connectivity index (χ0n) is 10.9. The van der Waals surface area contributed by atoms with Crippen LogP contribution in [0.1, 0.15) is 16.8 Å². The van der Waals surface area contributed by atoms with E-state index in [9.17, 15) is 14.0 Å². The van der Waals surface area contributed by atoms with Crippen molar-refractivity contribution in [2.24, 2.45) is 0 Å². The Morgan fingerprint density at radius 3 is 2.90 bits per heavy atom. The number of nitrogens with zero attached hydrogens (tertiary/aromatic N) is 1. The second kappa shape index (κ2) is 6.21. The summed E-state index contributed by atoms with van der Waals surface area (Å²) < 4.78 is 18.7. The van der Waals surface area contributed by atoms with E-state index in [0.29, 0.717) is 24.0 Å². The molecular weight excluding hydrogens is 331 g/mol. The lowest BCUT2D eigenvalue weighted by atomic mass is 10.1. The highest BCUT2D eigenvalue weighted by atomic mass is 79.9. The molecule has 0 aromatic heterocycles. The third-order valence-corrected chi connectivity index (χ3v) is 3.81. The SMILES string of the molecule is COC(=O)N1CC[C@@H](NC(=O)c2c(F)cccc2Br)C1. The number of likely N-dealkylation sites (tertiary alicyclic amines) is 1. The molecule has 1 saturated heterocycles. The molecule has 7 heteroatoms. The molecule has 108 valence electrons. The molecule has 1 aliphatic heterocycles. The lowest BCUT2D eigenvalue weighted by Gasteiger charge is -2.16. The molecule has 1 atom stereocenters. The van der Waals surface area contributed by atoms with Gasteiger partial charge in [-0.2, -0.15) is 0 Å². The maximum Gasteiger partial charge on any atom is 0.409 e. The number of halogens is 2. The number of hydrogen-bond donors (Lipinski definition) is 1. The molecule has 1 heterocycles. The first kappa shape index (κ1) is 14.8. The fraction of sp³-hybridized carbons (Fsp3) is 0.385. The largest absolute Gasteiger partial charge is 0.453 e. The van der Waals surface area contributed by atoms with Crippen LogP contribution in [0.4, 0.5) is 9.18 Å². The molecule has 20 heavy (non-hydrogen) atoms. The minimum absolute atomic E-state index is 0.0241. The Labute approximate surface area is 124 Å². The van der Waals surface area contributed by atoms with Gasteiger partial charge in [0, 0.05) is 23.6 Å². The van der Waals surface area contributed by atoms with Crippen LogP contribution in [0.15, 0.2) is 22.7 Å². The molecule has 0 unspecified atom stereocenters. The summed E-state index contributed by atoms with van der Waals surface area (Å²) in [6, 6.07) is 4.15. The van der Waals surface area contributed by atoms with Crippen molar-refractivity contribution in [1.82, 2.24) is 10.2 Å². The Kier molecular flexibility index (Phi) is 4.59. The van der Waals surface area contributed by atoms with Gasteiger partial charge in [0.1, 0.15) is 5.82 Å². The highest BCUT2D eigenvalue weighted by molar-refractivity contribution is 9.10. The number of hydrogen-bond acceptors (Lipinski definition) is 3. The topological polar surface area (TPSA) is 58.6 Å². The van der Waals surface area contributed by atoms with E-state index in [-0.39, 0.29) is 11.6 Å². The van der Waals surface area contributed by atoms with Gasteiger partial charge < -0.3 is 15.0 Å². The van der Waals surface area contributed by atoms with Crippen molar-refractivity contribution in [2.45, 2.75) is 12.5 Å². The van der Waals surface area contributed by atoms with Gasteiger partial charge in [0.25, 0.3) is 5.91 Å². The molecule has 1 aliphatic rings. The van der Waals surface area contributed by atoms with Crippen LogP contribution in [0, 0.1) is 5.82 Å². The summed E-state index contributed by atoms with van der Waals surface area (Å²) in [7, 11) is 1.31. The first-order valence-corrected chi connectivity index (χ1v) is 6.90. The highest BCUT2D eigenvalue weighted by Gasteiger charge is 2.29. The monoisotopic (exact) mass is 344 g/mol. The molecule has 5 nitrogen and oxygen atoms in total. The fourth-order valence-corrected chi connectivity index (χ4v) is 2.67. The van der Waals surface area contributed by atoms with Crippen molar-refractivity contribution in [3.8, 4) is 0 Å². The van der Waals surface area contributed by atoms with Crippen molar-refractivity contribution in [1.29, 1.82) is 0 Å². The summed E-state index contributed by atoms with van der Waals surface area (Å²) in [5, 5.41) is 2.73. The first-order chi connectivity index (χ1) is 9.52. The van der Waals surface area contributed by atoms with Gasteiger partial charge in [-0.3, -0.25) is 4.79 Å². The summed E-state index contributed by atoms with van der Waals surface area (Å²) in [6.45, 7) is 0.876. The van der Waals surface area contributed by atoms with E-state index in [1.165, 1.54) is 24.1 Å². The normalized spacial score (nSPS) is 17.9. The van der Waals surface area contributed by atoms with Crippen molar-refractivity contribution >= 4 is 27.9 Å². The molecule has 1 N–H and O–H groups in total. The Balaban J connectivity index is 2.01. The standard InChI is InChI=1S/C13H14BrFN2O3/c1-20-13(19)17-6-5-8(7-17)16-12(18)11-9(14)3-2-4-10(11)15/h2-4,8H,5-7H2,1H3,(H,16,18)/t8-/m1/s1. The number of carbonyl (C=O) groups is 2. The number of benzene rings is 1. The third kappa shape index (κ3) is 3.09. The molecule has 0 aliphatic carbocycles. The molecular formula is C13H14BrFN2O3. The summed E-state index contributed by atoms with van der Waals surface area (Å²) in [5.41, 5.74) is -0.0241. The van der Waals surface area contributed by atoms with Crippen LogP contribution < -0.4 is 5.32 Å². The number of carbonyl (C=O) groups excluding carboxylic acids is 2. The lowest BCUT2D eigenvalue weighted by molar-refractivity contribution is 0.0929. The first-order valence-electron chi connectivity index (χ1n) is 6.10. The maximum atomic E-state index is 13.7. The van der Waals surface area contributed by atoms with Crippen molar-refractivity contribution in [3.05, 3.63) is 34.1 Å². The van der Waals surface area contributed by atoms with E-state index in [1.54, 1.807) is 6.07 Å². The second-order valence-electron chi connectivity index (χ2n) is 4.47. The van der Waals surface area contributed by atoms with Gasteiger partial charge in [-0.25, -0.2) is 9.18 Å². The number of amides is 2. The number of rotatable bonds is 2. The van der Waals surface area contributed by atoms with Crippen molar-refractivity contribution in [2.75, 3.05) is 20.2 Å². The molecule has 0 radical (unpaired) electrons. The molecule has 0 bridgehead atoms. The van der Waals surface area contributed by atoms with Crippen LogP contribution in [0.2, 0.25) is 0 Å². The lowest BCUT2D eigenvalue weighted by Crippen LogP contribution is -2.38. The third-order valence-electron chi connectivity index (χ3n) is 3.15. The van der Waals surface area contributed by atoms with Gasteiger partial charge in [0.15, 0.2) is 0 Å². The summed E-state index contributed by atoms with van der Waals surface area (Å²) in [5.74, 6) is -1.08. The second-order valence-corrected chi connectivity index (χ2v) is 5.33. The Morgan fingerprint density at radius 2 is 2.25 bits per heavy atom. The van der Waals surface area contributed by atoms with Crippen molar-refractivity contribution in [3.63, 3.8) is 0 Å². The van der Waals surface area contributed by atoms with Gasteiger partial charge in [-0.1, -0.05) is 6.07 Å². The van der Waals surface area contributed by atoms with Crippen LogP contribution in [0.25, 0.3) is 0 Å². The molecule has 1 aromatic carbocycles. The molecule has 2 amide bonds. The smallest absolute Gasteiger partial charge is 0.409 e. The van der Waals surface area contributed by atoms with E-state index in [0.717, 1.165) is 0 Å². The van der Waals surface area contributed by atoms with Gasteiger partial charge >= 0.3 is 6.09 Å².